The molecule has 2 saturated heterocycles. The maximum Gasteiger partial charge on any atom is 0.335 e. The van der Waals surface area contributed by atoms with E-state index in [2.05, 4.69) is 13.2 Å². The third kappa shape index (κ3) is 4.79. The number of rotatable bonds is 11. The Morgan fingerprint density at radius 3 is 1.38 bits per heavy atom. The molecule has 0 aromatic heterocycles. The smallest absolute Gasteiger partial charge is 0.335 e. The van der Waals surface area contributed by atoms with Crippen molar-refractivity contribution >= 4 is 35.8 Å². The van der Waals surface area contributed by atoms with E-state index in [0.717, 1.165) is 0 Å². The van der Waals surface area contributed by atoms with E-state index in [0.29, 0.717) is 0 Å². The molecule has 0 aromatic rings. The van der Waals surface area contributed by atoms with E-state index in [1.165, 1.54) is 38.2 Å². The predicted molar refractivity (Wildman–Crippen MR) is 126 cm³/mol. The first kappa shape index (κ1) is 28.7. The highest BCUT2D eigenvalue weighted by Crippen LogP contribution is 2.50. The molecule has 0 amide bonds. The monoisotopic (exact) mass is 562 g/mol. The van der Waals surface area contributed by atoms with Crippen LogP contribution < -0.4 is 0 Å². The lowest BCUT2D eigenvalue weighted by atomic mass is 9.81. The standard InChI is InChI=1S/C26H26O14/c1-11(2)21(31)39-25-7-5-13(37-25)15(19(27)28)17(25)23(33)35-9-10-36-24(34)18-16(20(29)30)14-6-8-26(18,38-14)40-22(32)12(3)4/h5-8,13-18H,1,3,9-10H2,2,4H3,(H,27,28)(H,29,30)/t13-,14-,15-,16-,17+,18+,25-,26-/m1/s1. The summed E-state index contributed by atoms with van der Waals surface area (Å²) in [6, 6.07) is 0. The van der Waals surface area contributed by atoms with Gasteiger partial charge < -0.3 is 38.6 Å². The average molecular weight is 562 g/mol. The lowest BCUT2D eigenvalue weighted by Crippen LogP contribution is -2.48. The zero-order valence-electron chi connectivity index (χ0n) is 21.4. The zero-order valence-corrected chi connectivity index (χ0v) is 21.4. The molecular weight excluding hydrogens is 536 g/mol. The third-order valence-corrected chi connectivity index (χ3v) is 6.82. The van der Waals surface area contributed by atoms with E-state index >= 15 is 0 Å². The summed E-state index contributed by atoms with van der Waals surface area (Å²) in [7, 11) is 0. The molecule has 40 heavy (non-hydrogen) atoms. The number of hydrogen-bond donors (Lipinski definition) is 2. The molecule has 214 valence electrons. The molecule has 0 radical (unpaired) electrons. The first-order chi connectivity index (χ1) is 18.7. The number of ether oxygens (including phenoxy) is 6. The van der Waals surface area contributed by atoms with E-state index in [-0.39, 0.29) is 11.1 Å². The maximum absolute atomic E-state index is 13.0. The second-order valence-electron chi connectivity index (χ2n) is 9.68. The second-order valence-corrected chi connectivity index (χ2v) is 9.68. The van der Waals surface area contributed by atoms with Gasteiger partial charge in [-0.3, -0.25) is 19.2 Å². The normalized spacial score (nSPS) is 34.2. The summed E-state index contributed by atoms with van der Waals surface area (Å²) in [5.74, 6) is -16.9. The van der Waals surface area contributed by atoms with Crippen LogP contribution in [-0.4, -0.2) is 83.0 Å². The van der Waals surface area contributed by atoms with Crippen LogP contribution in [0.3, 0.4) is 0 Å². The van der Waals surface area contributed by atoms with E-state index in [4.69, 9.17) is 28.4 Å². The molecule has 14 heteroatoms. The van der Waals surface area contributed by atoms with Crippen LogP contribution >= 0.6 is 0 Å². The minimum absolute atomic E-state index is 0.0153. The summed E-state index contributed by atoms with van der Waals surface area (Å²) >= 11 is 0. The van der Waals surface area contributed by atoms with Crippen LogP contribution in [0.25, 0.3) is 0 Å². The molecule has 8 atom stereocenters. The Bertz CT molecular complexity index is 1170. The van der Waals surface area contributed by atoms with Crippen molar-refractivity contribution in [2.75, 3.05) is 13.2 Å². The van der Waals surface area contributed by atoms with Crippen LogP contribution in [0.4, 0.5) is 0 Å². The summed E-state index contributed by atoms with van der Waals surface area (Å²) in [6.45, 7) is 8.47. The van der Waals surface area contributed by atoms with Crippen LogP contribution in [0.1, 0.15) is 13.8 Å². The Morgan fingerprint density at radius 2 is 1.07 bits per heavy atom. The number of carbonyl (C=O) groups is 6. The lowest BCUT2D eigenvalue weighted by molar-refractivity contribution is -0.211. The Morgan fingerprint density at radius 1 is 0.725 bits per heavy atom. The number of carbonyl (C=O) groups excluding carboxylic acids is 4. The van der Waals surface area contributed by atoms with Crippen molar-refractivity contribution in [1.29, 1.82) is 0 Å². The van der Waals surface area contributed by atoms with Crippen molar-refractivity contribution in [3.8, 4) is 0 Å². The Balaban J connectivity index is 1.42. The van der Waals surface area contributed by atoms with E-state index in [1.807, 2.05) is 0 Å². The van der Waals surface area contributed by atoms with Gasteiger partial charge >= 0.3 is 35.8 Å². The van der Waals surface area contributed by atoms with Gasteiger partial charge in [-0.2, -0.15) is 0 Å². The van der Waals surface area contributed by atoms with E-state index < -0.39 is 96.5 Å². The Hall–Kier alpha value is -4.30. The summed E-state index contributed by atoms with van der Waals surface area (Å²) in [4.78, 5) is 74.0. The van der Waals surface area contributed by atoms with Crippen molar-refractivity contribution in [1.82, 2.24) is 0 Å². The molecule has 0 spiro atoms. The maximum atomic E-state index is 13.0. The zero-order chi connectivity index (χ0) is 29.6. The van der Waals surface area contributed by atoms with Gasteiger partial charge in [0.1, 0.15) is 36.9 Å². The summed E-state index contributed by atoms with van der Waals surface area (Å²) in [5.41, 5.74) is -0.0307. The summed E-state index contributed by atoms with van der Waals surface area (Å²) in [5, 5.41) is 19.3. The van der Waals surface area contributed by atoms with Gasteiger partial charge in [-0.05, 0) is 26.0 Å². The topological polar surface area (TPSA) is 198 Å². The van der Waals surface area contributed by atoms with Gasteiger partial charge in [0.15, 0.2) is 0 Å². The van der Waals surface area contributed by atoms with Crippen LogP contribution in [0.5, 0.6) is 0 Å². The van der Waals surface area contributed by atoms with Gasteiger partial charge in [0, 0.05) is 11.1 Å². The third-order valence-electron chi connectivity index (χ3n) is 6.82. The molecule has 4 aliphatic heterocycles. The first-order valence-corrected chi connectivity index (χ1v) is 12.0. The van der Waals surface area contributed by atoms with Crippen molar-refractivity contribution in [2.24, 2.45) is 23.7 Å². The molecule has 2 fully saturated rings. The molecular formula is C26H26O14. The molecule has 4 bridgehead atoms. The molecule has 4 heterocycles. The molecule has 4 rings (SSSR count). The highest BCUT2D eigenvalue weighted by Gasteiger charge is 2.67. The van der Waals surface area contributed by atoms with Crippen molar-refractivity contribution in [3.05, 3.63) is 48.6 Å². The second kappa shape index (κ2) is 10.4. The Labute approximate surface area is 226 Å². The number of hydrogen-bond acceptors (Lipinski definition) is 12. The summed E-state index contributed by atoms with van der Waals surface area (Å²) < 4.78 is 31.9. The lowest BCUT2D eigenvalue weighted by Gasteiger charge is -2.30. The molecule has 0 saturated carbocycles. The average Bonchev–Trinajstić information content (AvgIpc) is 3.62. The fraction of sp³-hybridized carbons (Fsp3) is 0.462. The molecule has 2 N–H and O–H groups in total. The molecule has 0 unspecified atom stereocenters. The van der Waals surface area contributed by atoms with Crippen LogP contribution in [0.15, 0.2) is 48.6 Å². The van der Waals surface area contributed by atoms with Crippen molar-refractivity contribution in [2.45, 2.75) is 37.6 Å². The molecule has 0 aromatic carbocycles. The first-order valence-electron chi connectivity index (χ1n) is 12.0. The molecule has 4 aliphatic rings. The number of carboxylic acid groups (broad SMARTS) is 2. The van der Waals surface area contributed by atoms with E-state index in [9.17, 15) is 39.0 Å². The number of aliphatic carboxylic acids is 2. The fourth-order valence-corrected chi connectivity index (χ4v) is 5.02. The Kier molecular flexibility index (Phi) is 7.43. The van der Waals surface area contributed by atoms with Crippen molar-refractivity contribution < 1.29 is 67.4 Å². The molecule has 14 nitrogen and oxygen atoms in total. The van der Waals surface area contributed by atoms with Gasteiger partial charge in [-0.25, -0.2) is 9.59 Å². The van der Waals surface area contributed by atoms with Gasteiger partial charge in [0.25, 0.3) is 0 Å². The SMILES string of the molecule is C=C(C)C(=O)O[C@@]12C=C[C@@H](O1)[C@@H](C(=O)O)[C@H]2C(=O)OCCOC(=O)[C@@H]1[C@H](C(=O)O)[C@H]2C=C[C@]1(OC(=O)C(=C)C)O2. The van der Waals surface area contributed by atoms with Crippen LogP contribution in [0, 0.1) is 23.7 Å². The van der Waals surface area contributed by atoms with E-state index in [1.54, 1.807) is 0 Å². The van der Waals surface area contributed by atoms with Gasteiger partial charge in [0.2, 0.25) is 11.6 Å². The van der Waals surface area contributed by atoms with Crippen LogP contribution in [-0.2, 0) is 57.2 Å². The minimum atomic E-state index is -2.03. The number of carboxylic acids is 2. The largest absolute Gasteiger partial charge is 0.481 e. The highest BCUT2D eigenvalue weighted by atomic mass is 16.7. The highest BCUT2D eigenvalue weighted by molar-refractivity contribution is 5.90. The summed E-state index contributed by atoms with van der Waals surface area (Å²) in [6.07, 6.45) is 3.09. The van der Waals surface area contributed by atoms with Gasteiger partial charge in [0.05, 0.1) is 12.2 Å². The minimum Gasteiger partial charge on any atom is -0.481 e. The van der Waals surface area contributed by atoms with Crippen LogP contribution in [0.2, 0.25) is 0 Å². The van der Waals surface area contributed by atoms with Gasteiger partial charge in [-0.1, -0.05) is 25.3 Å². The quantitative estimate of drug-likeness (QED) is 0.114. The number of esters is 4. The number of fused-ring (bicyclic) bond motifs is 4. The van der Waals surface area contributed by atoms with Crippen molar-refractivity contribution in [3.63, 3.8) is 0 Å². The molecule has 0 aliphatic carbocycles. The predicted octanol–water partition coefficient (Wildman–Crippen LogP) is 0.275. The van der Waals surface area contributed by atoms with Gasteiger partial charge in [-0.15, -0.1) is 0 Å². The fourth-order valence-electron chi connectivity index (χ4n) is 5.02.